The summed E-state index contributed by atoms with van der Waals surface area (Å²) in [4.78, 5) is 34.3. The number of aromatic nitrogens is 2. The van der Waals surface area contributed by atoms with Gasteiger partial charge in [0.25, 0.3) is 5.91 Å². The summed E-state index contributed by atoms with van der Waals surface area (Å²) in [5.41, 5.74) is 0.365. The molecule has 0 unspecified atom stereocenters. The number of nitrogens with zero attached hydrogens (tertiary/aromatic N) is 3. The van der Waals surface area contributed by atoms with Crippen molar-refractivity contribution in [3.8, 4) is 5.88 Å². The Balaban J connectivity index is 1.61. The Bertz CT molecular complexity index is 954. The van der Waals surface area contributed by atoms with Crippen LogP contribution < -0.4 is 20.3 Å². The SMILES string of the molecule is CCC(=O)Nc1cc(C(=O)N[C@@H]2CCCN(c3cccc(OCC(F)(F)F)n3)C2)ccn1. The number of carbonyl (C=O) groups is 2. The molecule has 2 aromatic heterocycles. The second-order valence-corrected chi connectivity index (χ2v) is 7.33. The van der Waals surface area contributed by atoms with Gasteiger partial charge in [0, 0.05) is 43.4 Å². The molecule has 0 aliphatic carbocycles. The Labute approximate surface area is 183 Å². The Morgan fingerprint density at radius 3 is 2.84 bits per heavy atom. The second kappa shape index (κ2) is 10.3. The van der Waals surface area contributed by atoms with Crippen LogP contribution in [0.5, 0.6) is 5.88 Å². The van der Waals surface area contributed by atoms with E-state index < -0.39 is 12.8 Å². The molecule has 0 spiro atoms. The highest BCUT2D eigenvalue weighted by atomic mass is 19.4. The first-order chi connectivity index (χ1) is 15.2. The number of rotatable bonds is 7. The lowest BCUT2D eigenvalue weighted by Crippen LogP contribution is -2.48. The van der Waals surface area contributed by atoms with Crippen LogP contribution >= 0.6 is 0 Å². The Hall–Kier alpha value is -3.37. The minimum Gasteiger partial charge on any atom is -0.468 e. The summed E-state index contributed by atoms with van der Waals surface area (Å²) in [6.07, 6.45) is -1.17. The van der Waals surface area contributed by atoms with Crippen LogP contribution in [0.4, 0.5) is 24.8 Å². The summed E-state index contributed by atoms with van der Waals surface area (Å²) in [7, 11) is 0. The largest absolute Gasteiger partial charge is 0.468 e. The van der Waals surface area contributed by atoms with Gasteiger partial charge < -0.3 is 20.3 Å². The Morgan fingerprint density at radius 1 is 1.28 bits per heavy atom. The first-order valence-electron chi connectivity index (χ1n) is 10.2. The zero-order chi connectivity index (χ0) is 23.1. The molecule has 0 bridgehead atoms. The van der Waals surface area contributed by atoms with Gasteiger partial charge in [0.05, 0.1) is 0 Å². The molecule has 32 heavy (non-hydrogen) atoms. The number of halogens is 3. The highest BCUT2D eigenvalue weighted by Gasteiger charge is 2.29. The molecule has 8 nitrogen and oxygen atoms in total. The van der Waals surface area contributed by atoms with Crippen molar-refractivity contribution in [2.75, 3.05) is 29.9 Å². The molecule has 11 heteroatoms. The monoisotopic (exact) mass is 451 g/mol. The van der Waals surface area contributed by atoms with Crippen LogP contribution in [0.15, 0.2) is 36.5 Å². The number of nitrogens with one attached hydrogen (secondary N) is 2. The highest BCUT2D eigenvalue weighted by molar-refractivity contribution is 5.96. The fourth-order valence-electron chi connectivity index (χ4n) is 3.26. The van der Waals surface area contributed by atoms with Gasteiger partial charge in [-0.15, -0.1) is 0 Å². The van der Waals surface area contributed by atoms with E-state index in [4.69, 9.17) is 4.74 Å². The van der Waals surface area contributed by atoms with Crippen molar-refractivity contribution < 1.29 is 27.5 Å². The van der Waals surface area contributed by atoms with Crippen LogP contribution in [0.1, 0.15) is 36.5 Å². The summed E-state index contributed by atoms with van der Waals surface area (Å²) in [5.74, 6) is 0.171. The van der Waals surface area contributed by atoms with Gasteiger partial charge in [-0.2, -0.15) is 18.2 Å². The maximum Gasteiger partial charge on any atom is 0.422 e. The molecule has 2 amide bonds. The molecular formula is C21H24F3N5O3. The fraction of sp³-hybridized carbons (Fsp3) is 0.429. The van der Waals surface area contributed by atoms with Crippen LogP contribution in [0, 0.1) is 0 Å². The fourth-order valence-corrected chi connectivity index (χ4v) is 3.26. The average Bonchev–Trinajstić information content (AvgIpc) is 2.77. The van der Waals surface area contributed by atoms with Gasteiger partial charge in [0.1, 0.15) is 11.6 Å². The van der Waals surface area contributed by atoms with Gasteiger partial charge in [0.15, 0.2) is 6.61 Å². The lowest BCUT2D eigenvalue weighted by molar-refractivity contribution is -0.154. The zero-order valence-electron chi connectivity index (χ0n) is 17.5. The summed E-state index contributed by atoms with van der Waals surface area (Å²) in [6.45, 7) is 1.42. The van der Waals surface area contributed by atoms with Gasteiger partial charge in [-0.25, -0.2) is 4.98 Å². The highest BCUT2D eigenvalue weighted by Crippen LogP contribution is 2.22. The topological polar surface area (TPSA) is 96.5 Å². The third-order valence-corrected chi connectivity index (χ3v) is 4.78. The maximum absolute atomic E-state index is 12.7. The Morgan fingerprint density at radius 2 is 2.09 bits per heavy atom. The quantitative estimate of drug-likeness (QED) is 0.671. The predicted octanol–water partition coefficient (Wildman–Crippen LogP) is 3.17. The lowest BCUT2D eigenvalue weighted by Gasteiger charge is -2.34. The number of ether oxygens (including phenoxy) is 1. The molecule has 0 aromatic carbocycles. The number of carbonyl (C=O) groups excluding carboxylic acids is 2. The van der Waals surface area contributed by atoms with Crippen LogP contribution in [0.3, 0.4) is 0 Å². The van der Waals surface area contributed by atoms with E-state index in [9.17, 15) is 22.8 Å². The molecular weight excluding hydrogens is 427 g/mol. The number of hydrogen-bond acceptors (Lipinski definition) is 6. The standard InChI is InChI=1S/C21H24F3N5O3/c1-2-18(30)27-16-11-14(8-9-25-16)20(31)26-15-5-4-10-29(12-15)17-6-3-7-19(28-17)32-13-21(22,23)24/h3,6-9,11,15H,2,4-5,10,12-13H2,1H3,(H,26,31)(H,25,27,30)/t15-/m1/s1. The summed E-state index contributed by atoms with van der Waals surface area (Å²) in [5, 5.41) is 5.58. The lowest BCUT2D eigenvalue weighted by atomic mass is 10.0. The molecule has 1 aliphatic rings. The van der Waals surface area contributed by atoms with Crippen molar-refractivity contribution >= 4 is 23.5 Å². The van der Waals surface area contributed by atoms with E-state index in [-0.39, 0.29) is 23.7 Å². The Kier molecular flexibility index (Phi) is 7.49. The third-order valence-electron chi connectivity index (χ3n) is 4.78. The minimum atomic E-state index is -4.44. The number of hydrogen-bond donors (Lipinski definition) is 2. The van der Waals surface area contributed by atoms with Gasteiger partial charge in [-0.3, -0.25) is 9.59 Å². The van der Waals surface area contributed by atoms with Crippen LogP contribution in [-0.2, 0) is 4.79 Å². The molecule has 2 N–H and O–H groups in total. The van der Waals surface area contributed by atoms with E-state index >= 15 is 0 Å². The number of piperidine rings is 1. The predicted molar refractivity (Wildman–Crippen MR) is 112 cm³/mol. The number of pyridine rings is 2. The van der Waals surface area contributed by atoms with Crippen LogP contribution in [-0.4, -0.2) is 53.7 Å². The molecule has 1 aliphatic heterocycles. The smallest absolute Gasteiger partial charge is 0.422 e. The van der Waals surface area contributed by atoms with Crippen molar-refractivity contribution in [1.29, 1.82) is 0 Å². The second-order valence-electron chi connectivity index (χ2n) is 7.33. The zero-order valence-corrected chi connectivity index (χ0v) is 17.5. The molecule has 2 aromatic rings. The van der Waals surface area contributed by atoms with E-state index in [1.807, 2.05) is 4.90 Å². The number of anilines is 2. The summed E-state index contributed by atoms with van der Waals surface area (Å²) >= 11 is 0. The van der Waals surface area contributed by atoms with Gasteiger partial charge >= 0.3 is 6.18 Å². The molecule has 1 atom stereocenters. The molecule has 3 heterocycles. The average molecular weight is 451 g/mol. The van der Waals surface area contributed by atoms with Crippen molar-refractivity contribution in [1.82, 2.24) is 15.3 Å². The minimum absolute atomic E-state index is 0.107. The molecule has 172 valence electrons. The van der Waals surface area contributed by atoms with Crippen molar-refractivity contribution in [2.45, 2.75) is 38.4 Å². The summed E-state index contributed by atoms with van der Waals surface area (Å²) < 4.78 is 41.9. The van der Waals surface area contributed by atoms with E-state index in [1.165, 1.54) is 18.3 Å². The van der Waals surface area contributed by atoms with E-state index in [2.05, 4.69) is 20.6 Å². The number of amides is 2. The first kappa shape index (κ1) is 23.3. The van der Waals surface area contributed by atoms with E-state index in [0.717, 1.165) is 12.8 Å². The van der Waals surface area contributed by atoms with Crippen molar-refractivity contribution in [3.05, 3.63) is 42.1 Å². The third kappa shape index (κ3) is 6.82. The maximum atomic E-state index is 12.7. The van der Waals surface area contributed by atoms with E-state index in [1.54, 1.807) is 25.1 Å². The molecule has 3 rings (SSSR count). The number of alkyl halides is 3. The molecule has 0 saturated carbocycles. The van der Waals surface area contributed by atoms with E-state index in [0.29, 0.717) is 36.7 Å². The molecule has 0 radical (unpaired) electrons. The van der Waals surface area contributed by atoms with Crippen molar-refractivity contribution in [3.63, 3.8) is 0 Å². The van der Waals surface area contributed by atoms with Crippen LogP contribution in [0.2, 0.25) is 0 Å². The van der Waals surface area contributed by atoms with Gasteiger partial charge in [0.2, 0.25) is 11.8 Å². The molecule has 1 saturated heterocycles. The normalized spacial score (nSPS) is 16.4. The molecule has 1 fully saturated rings. The summed E-state index contributed by atoms with van der Waals surface area (Å²) in [6, 6.07) is 7.53. The van der Waals surface area contributed by atoms with Gasteiger partial charge in [-0.05, 0) is 31.0 Å². The first-order valence-corrected chi connectivity index (χ1v) is 10.2. The van der Waals surface area contributed by atoms with Crippen molar-refractivity contribution in [2.24, 2.45) is 0 Å². The van der Waals surface area contributed by atoms with Crippen LogP contribution in [0.25, 0.3) is 0 Å². The van der Waals surface area contributed by atoms with Gasteiger partial charge in [-0.1, -0.05) is 13.0 Å².